The van der Waals surface area contributed by atoms with E-state index in [1.165, 1.54) is 36.5 Å². The molecule has 0 aliphatic carbocycles. The molecule has 0 aliphatic heterocycles. The van der Waals surface area contributed by atoms with Crippen LogP contribution in [0.3, 0.4) is 0 Å². The van der Waals surface area contributed by atoms with Crippen LogP contribution >= 0.6 is 0 Å². The van der Waals surface area contributed by atoms with Crippen molar-refractivity contribution in [2.45, 2.75) is 0 Å². The summed E-state index contributed by atoms with van der Waals surface area (Å²) in [5.74, 6) is 0.377. The maximum Gasteiger partial charge on any atom is 0.201 e. The van der Waals surface area contributed by atoms with E-state index in [1.54, 1.807) is 30.4 Å². The van der Waals surface area contributed by atoms with Gasteiger partial charge in [-0.2, -0.15) is 0 Å². The van der Waals surface area contributed by atoms with E-state index >= 15 is 0 Å². The van der Waals surface area contributed by atoms with Gasteiger partial charge in [-0.15, -0.1) is 0 Å². The van der Waals surface area contributed by atoms with Crippen LogP contribution in [-0.2, 0) is 0 Å². The number of benzene rings is 2. The molecule has 0 saturated carbocycles. The van der Waals surface area contributed by atoms with Crippen LogP contribution in [0.4, 0.5) is 0 Å². The third-order valence-corrected chi connectivity index (χ3v) is 3.87. The summed E-state index contributed by atoms with van der Waals surface area (Å²) in [6.07, 6.45) is 6.16. The van der Waals surface area contributed by atoms with Crippen LogP contribution < -0.4 is 11.2 Å². The molecule has 1 heterocycles. The third-order valence-electron chi connectivity index (χ3n) is 3.87. The highest BCUT2D eigenvalue weighted by atomic mass is 16.3. The molecule has 130 valence electrons. The molecule has 0 radical (unpaired) electrons. The number of hydrogen-bond acceptors (Lipinski definition) is 5. The topological polar surface area (TPSA) is 96.7 Å². The zero-order chi connectivity index (χ0) is 18.7. The van der Waals surface area contributed by atoms with Gasteiger partial charge >= 0.3 is 0 Å². The predicted octanol–water partition coefficient (Wildman–Crippen LogP) is 3.91. The lowest BCUT2D eigenvalue weighted by Gasteiger charge is -2.11. The number of allylic oxidation sites excluding steroid dienone is 4. The molecular formula is C21H17NO4. The van der Waals surface area contributed by atoms with Crippen LogP contribution in [0, 0.1) is 0 Å². The monoisotopic (exact) mass is 347 g/mol. The number of rotatable bonds is 4. The summed E-state index contributed by atoms with van der Waals surface area (Å²) in [4.78, 5) is 13.1. The zero-order valence-corrected chi connectivity index (χ0v) is 13.8. The number of aromatic hydroxyl groups is 2. The Kier molecular flexibility index (Phi) is 4.62. The van der Waals surface area contributed by atoms with Gasteiger partial charge in [0.1, 0.15) is 22.8 Å². The Labute approximate surface area is 149 Å². The van der Waals surface area contributed by atoms with Gasteiger partial charge in [0.2, 0.25) is 5.43 Å². The maximum atomic E-state index is 13.1. The highest BCUT2D eigenvalue weighted by molar-refractivity contribution is 5.90. The van der Waals surface area contributed by atoms with Gasteiger partial charge in [0, 0.05) is 11.6 Å². The molecule has 2 aromatic carbocycles. The second-order valence-corrected chi connectivity index (χ2v) is 5.58. The molecule has 0 atom stereocenters. The molecule has 1 aromatic heterocycles. The van der Waals surface area contributed by atoms with E-state index in [0.717, 1.165) is 0 Å². The van der Waals surface area contributed by atoms with Gasteiger partial charge in [0.15, 0.2) is 0 Å². The number of phenolic OH excluding ortho intramolecular Hbond substituents is 2. The van der Waals surface area contributed by atoms with Crippen molar-refractivity contribution in [3.63, 3.8) is 0 Å². The van der Waals surface area contributed by atoms with Crippen molar-refractivity contribution in [3.8, 4) is 22.6 Å². The predicted molar refractivity (Wildman–Crippen MR) is 103 cm³/mol. The normalized spacial score (nSPS) is 11.9. The van der Waals surface area contributed by atoms with E-state index in [-0.39, 0.29) is 22.5 Å². The fourth-order valence-electron chi connectivity index (χ4n) is 2.71. The summed E-state index contributed by atoms with van der Waals surface area (Å²) in [7, 11) is 0. The summed E-state index contributed by atoms with van der Waals surface area (Å²) < 4.78 is 5.96. The van der Waals surface area contributed by atoms with Crippen LogP contribution in [-0.4, -0.2) is 10.2 Å². The molecular weight excluding hydrogens is 330 g/mol. The fraction of sp³-hybridized carbons (Fsp3) is 0. The molecule has 0 amide bonds. The minimum Gasteiger partial charge on any atom is -0.508 e. The number of nitrogens with two attached hydrogens (primary N) is 1. The molecule has 3 rings (SSSR count). The molecule has 0 bridgehead atoms. The average Bonchev–Trinajstić information content (AvgIpc) is 2.62. The highest BCUT2D eigenvalue weighted by Crippen LogP contribution is 2.32. The maximum absolute atomic E-state index is 13.1. The summed E-state index contributed by atoms with van der Waals surface area (Å²) in [5.41, 5.74) is 6.99. The molecule has 4 N–H and O–H groups in total. The first-order chi connectivity index (χ1) is 12.5. The molecule has 5 heteroatoms. The Balaban J connectivity index is 2.44. The molecule has 26 heavy (non-hydrogen) atoms. The van der Waals surface area contributed by atoms with Gasteiger partial charge < -0.3 is 20.4 Å². The van der Waals surface area contributed by atoms with Gasteiger partial charge in [-0.25, -0.2) is 0 Å². The Hall–Kier alpha value is -3.73. The van der Waals surface area contributed by atoms with Crippen LogP contribution in [0.1, 0.15) is 5.76 Å². The lowest BCUT2D eigenvalue weighted by molar-refractivity contribution is 0.473. The van der Waals surface area contributed by atoms with Crippen LogP contribution in [0.5, 0.6) is 11.5 Å². The van der Waals surface area contributed by atoms with Gasteiger partial charge in [0.25, 0.3) is 0 Å². The molecule has 0 fully saturated rings. The SMILES string of the molecule is C=C/C=C(\C=C/N)c1oc2cc(O)ccc2c(=O)c1-c1ccc(O)cc1. The van der Waals surface area contributed by atoms with E-state index in [9.17, 15) is 15.0 Å². The molecule has 0 saturated heterocycles. The Bertz CT molecular complexity index is 1090. The largest absolute Gasteiger partial charge is 0.508 e. The van der Waals surface area contributed by atoms with Crippen molar-refractivity contribution in [2.75, 3.05) is 0 Å². The lowest BCUT2D eigenvalue weighted by atomic mass is 9.98. The number of hydrogen-bond donors (Lipinski definition) is 3. The van der Waals surface area contributed by atoms with Crippen molar-refractivity contribution in [3.05, 3.63) is 89.5 Å². The van der Waals surface area contributed by atoms with Crippen molar-refractivity contribution < 1.29 is 14.6 Å². The fourth-order valence-corrected chi connectivity index (χ4v) is 2.71. The van der Waals surface area contributed by atoms with E-state index in [1.807, 2.05) is 0 Å². The Morgan fingerprint density at radius 1 is 1.08 bits per heavy atom. The molecule has 0 unspecified atom stereocenters. The van der Waals surface area contributed by atoms with Crippen LogP contribution in [0.2, 0.25) is 0 Å². The average molecular weight is 347 g/mol. The summed E-state index contributed by atoms with van der Waals surface area (Å²) in [5, 5.41) is 19.6. The zero-order valence-electron chi connectivity index (χ0n) is 13.8. The van der Waals surface area contributed by atoms with E-state index < -0.39 is 0 Å². The standard InChI is InChI=1S/C21H17NO4/c1-2-3-14(10-11-22)21-19(13-4-6-15(23)7-5-13)20(25)17-9-8-16(24)12-18(17)26-21/h2-12,23-24H,1,22H2/b11-10-,14-3+. The smallest absolute Gasteiger partial charge is 0.201 e. The van der Waals surface area contributed by atoms with E-state index in [2.05, 4.69) is 6.58 Å². The molecule has 3 aromatic rings. The second kappa shape index (κ2) is 7.03. The minimum atomic E-state index is -0.257. The first-order valence-corrected chi connectivity index (χ1v) is 7.85. The first kappa shape index (κ1) is 17.1. The van der Waals surface area contributed by atoms with Gasteiger partial charge in [-0.3, -0.25) is 4.79 Å². The van der Waals surface area contributed by atoms with Crippen LogP contribution in [0.15, 0.2) is 82.7 Å². The van der Waals surface area contributed by atoms with Gasteiger partial charge in [-0.1, -0.05) is 30.9 Å². The second-order valence-electron chi connectivity index (χ2n) is 5.58. The van der Waals surface area contributed by atoms with Gasteiger partial charge in [-0.05, 0) is 42.1 Å². The lowest BCUT2D eigenvalue weighted by Crippen LogP contribution is -2.08. The van der Waals surface area contributed by atoms with E-state index in [0.29, 0.717) is 27.8 Å². The first-order valence-electron chi connectivity index (χ1n) is 7.85. The van der Waals surface area contributed by atoms with E-state index in [4.69, 9.17) is 10.2 Å². The summed E-state index contributed by atoms with van der Waals surface area (Å²) >= 11 is 0. The number of phenols is 2. The highest BCUT2D eigenvalue weighted by Gasteiger charge is 2.18. The van der Waals surface area contributed by atoms with Crippen molar-refractivity contribution in [2.24, 2.45) is 5.73 Å². The number of fused-ring (bicyclic) bond motifs is 1. The molecule has 0 aliphatic rings. The summed E-state index contributed by atoms with van der Waals surface area (Å²) in [6.45, 7) is 3.68. The summed E-state index contributed by atoms with van der Waals surface area (Å²) in [6, 6.07) is 10.6. The quantitative estimate of drug-likeness (QED) is 0.622. The minimum absolute atomic E-state index is 0.00685. The molecule has 0 spiro atoms. The Morgan fingerprint density at radius 3 is 2.42 bits per heavy atom. The van der Waals surface area contributed by atoms with Crippen molar-refractivity contribution >= 4 is 16.5 Å². The van der Waals surface area contributed by atoms with Crippen molar-refractivity contribution in [1.82, 2.24) is 0 Å². The Morgan fingerprint density at radius 2 is 1.77 bits per heavy atom. The van der Waals surface area contributed by atoms with Gasteiger partial charge in [0.05, 0.1) is 10.9 Å². The third kappa shape index (κ3) is 3.10. The molecule has 5 nitrogen and oxygen atoms in total. The van der Waals surface area contributed by atoms with Crippen LogP contribution in [0.25, 0.3) is 27.7 Å². The van der Waals surface area contributed by atoms with Crippen molar-refractivity contribution in [1.29, 1.82) is 0 Å².